The van der Waals surface area contributed by atoms with Gasteiger partial charge < -0.3 is 5.32 Å². The van der Waals surface area contributed by atoms with Gasteiger partial charge in [-0.25, -0.2) is 4.98 Å². The molecule has 3 nitrogen and oxygen atoms in total. The van der Waals surface area contributed by atoms with Gasteiger partial charge >= 0.3 is 0 Å². The maximum absolute atomic E-state index is 11.9. The molecule has 0 unspecified atom stereocenters. The van der Waals surface area contributed by atoms with E-state index in [1.807, 2.05) is 6.92 Å². The Morgan fingerprint density at radius 3 is 2.94 bits per heavy atom. The zero-order chi connectivity index (χ0) is 11.6. The maximum Gasteiger partial charge on any atom is 0.263 e. The fourth-order valence-electron chi connectivity index (χ4n) is 1.76. The van der Waals surface area contributed by atoms with E-state index >= 15 is 0 Å². The number of aromatic nitrogens is 1. The number of rotatable bonds is 5. The first-order valence-corrected chi connectivity index (χ1v) is 7.41. The molecule has 16 heavy (non-hydrogen) atoms. The van der Waals surface area contributed by atoms with Gasteiger partial charge in [-0.15, -0.1) is 11.3 Å². The minimum atomic E-state index is 0.0286. The highest BCUT2D eigenvalue weighted by atomic mass is 79.9. The molecule has 1 fully saturated rings. The van der Waals surface area contributed by atoms with Crippen LogP contribution < -0.4 is 5.32 Å². The molecule has 0 spiro atoms. The van der Waals surface area contributed by atoms with Gasteiger partial charge in [0.25, 0.3) is 5.91 Å². The highest BCUT2D eigenvalue weighted by Crippen LogP contribution is 2.48. The largest absolute Gasteiger partial charge is 0.351 e. The summed E-state index contributed by atoms with van der Waals surface area (Å²) < 4.78 is 0. The van der Waals surface area contributed by atoms with Crippen LogP contribution in [0.1, 0.15) is 34.6 Å². The number of carbonyl (C=O) groups is 1. The maximum atomic E-state index is 11.9. The number of alkyl halides is 1. The summed E-state index contributed by atoms with van der Waals surface area (Å²) in [5, 5.41) is 4.04. The normalized spacial score (nSPS) is 17.1. The first-order chi connectivity index (χ1) is 7.67. The van der Waals surface area contributed by atoms with E-state index in [2.05, 4.69) is 26.2 Å². The molecule has 0 atom stereocenters. The second-order valence-corrected chi connectivity index (χ2v) is 6.04. The summed E-state index contributed by atoms with van der Waals surface area (Å²) in [7, 11) is 0. The van der Waals surface area contributed by atoms with Gasteiger partial charge in [-0.1, -0.05) is 15.9 Å². The Balaban J connectivity index is 1.87. The molecular weight excluding hydrogens is 288 g/mol. The molecule has 0 bridgehead atoms. The van der Waals surface area contributed by atoms with E-state index in [-0.39, 0.29) is 5.91 Å². The highest BCUT2D eigenvalue weighted by Gasteiger charge is 2.41. The predicted molar refractivity (Wildman–Crippen MR) is 69.3 cm³/mol. The number of nitrogens with one attached hydrogen (secondary N) is 1. The van der Waals surface area contributed by atoms with E-state index in [9.17, 15) is 4.79 Å². The molecule has 1 saturated carbocycles. The zero-order valence-electron chi connectivity index (χ0n) is 9.25. The molecule has 1 aliphatic rings. The number of halogens is 1. The van der Waals surface area contributed by atoms with Crippen molar-refractivity contribution in [2.24, 2.45) is 5.41 Å². The summed E-state index contributed by atoms with van der Waals surface area (Å²) in [6.45, 7) is 2.67. The number of aryl methyl sites for hydroxylation is 1. The van der Waals surface area contributed by atoms with Crippen LogP contribution in [0.15, 0.2) is 5.51 Å². The monoisotopic (exact) mass is 302 g/mol. The van der Waals surface area contributed by atoms with Crippen molar-refractivity contribution in [3.8, 4) is 0 Å². The van der Waals surface area contributed by atoms with Crippen molar-refractivity contribution in [1.82, 2.24) is 10.3 Å². The van der Waals surface area contributed by atoms with Crippen LogP contribution in [0.3, 0.4) is 0 Å². The van der Waals surface area contributed by atoms with Gasteiger partial charge in [0.15, 0.2) is 0 Å². The van der Waals surface area contributed by atoms with Gasteiger partial charge in [-0.2, -0.15) is 0 Å². The Morgan fingerprint density at radius 2 is 2.44 bits per heavy atom. The zero-order valence-corrected chi connectivity index (χ0v) is 11.7. The van der Waals surface area contributed by atoms with Gasteiger partial charge in [0, 0.05) is 11.9 Å². The number of nitrogens with zero attached hydrogens (tertiary/aromatic N) is 1. The molecule has 88 valence electrons. The van der Waals surface area contributed by atoms with Crippen molar-refractivity contribution in [2.75, 3.05) is 11.9 Å². The average molecular weight is 303 g/mol. The van der Waals surface area contributed by atoms with Crippen molar-refractivity contribution in [3.63, 3.8) is 0 Å². The molecule has 5 heteroatoms. The molecule has 1 aromatic heterocycles. The van der Waals surface area contributed by atoms with Crippen LogP contribution >= 0.6 is 27.3 Å². The lowest BCUT2D eigenvalue weighted by atomic mass is 10.0. The third kappa shape index (κ3) is 2.63. The van der Waals surface area contributed by atoms with Crippen LogP contribution in [0.4, 0.5) is 0 Å². The van der Waals surface area contributed by atoms with E-state index in [1.165, 1.54) is 24.2 Å². The van der Waals surface area contributed by atoms with Crippen molar-refractivity contribution in [1.29, 1.82) is 0 Å². The summed E-state index contributed by atoms with van der Waals surface area (Å²) in [6.07, 6.45) is 3.62. The molecule has 1 heterocycles. The topological polar surface area (TPSA) is 42.0 Å². The molecule has 0 radical (unpaired) electrons. The molecule has 1 aliphatic carbocycles. The third-order valence-electron chi connectivity index (χ3n) is 3.16. The molecule has 1 N–H and O–H groups in total. The van der Waals surface area contributed by atoms with Crippen LogP contribution in [0.2, 0.25) is 0 Å². The lowest BCUT2D eigenvalue weighted by Crippen LogP contribution is -2.30. The fourth-order valence-corrected chi connectivity index (χ4v) is 3.32. The quantitative estimate of drug-likeness (QED) is 0.850. The molecule has 1 aromatic rings. The smallest absolute Gasteiger partial charge is 0.263 e. The molecule has 2 rings (SSSR count). The Hall–Kier alpha value is -0.420. The summed E-state index contributed by atoms with van der Waals surface area (Å²) in [4.78, 5) is 16.7. The van der Waals surface area contributed by atoms with Gasteiger partial charge in [-0.3, -0.25) is 4.79 Å². The number of thiazole rings is 1. The molecule has 0 aliphatic heterocycles. The minimum Gasteiger partial charge on any atom is -0.351 e. The second kappa shape index (κ2) is 4.84. The lowest BCUT2D eigenvalue weighted by Gasteiger charge is -2.13. The van der Waals surface area contributed by atoms with Gasteiger partial charge in [0.05, 0.1) is 11.2 Å². The Morgan fingerprint density at radius 1 is 1.69 bits per heavy atom. The highest BCUT2D eigenvalue weighted by molar-refractivity contribution is 9.09. The Labute approximate surface area is 108 Å². The summed E-state index contributed by atoms with van der Waals surface area (Å²) in [5.74, 6) is 0.0286. The van der Waals surface area contributed by atoms with E-state index < -0.39 is 0 Å². The van der Waals surface area contributed by atoms with Crippen LogP contribution in [-0.4, -0.2) is 22.8 Å². The minimum absolute atomic E-state index is 0.0286. The molecule has 0 aromatic carbocycles. The number of amides is 1. The Kier molecular flexibility index (Phi) is 3.64. The number of hydrogen-bond donors (Lipinski definition) is 1. The first kappa shape index (κ1) is 12.0. The van der Waals surface area contributed by atoms with Crippen molar-refractivity contribution < 1.29 is 4.79 Å². The first-order valence-electron chi connectivity index (χ1n) is 5.41. The van der Waals surface area contributed by atoms with E-state index in [1.54, 1.807) is 5.51 Å². The van der Waals surface area contributed by atoms with Crippen LogP contribution in [0, 0.1) is 12.3 Å². The lowest BCUT2D eigenvalue weighted by molar-refractivity contribution is 0.0947. The second-order valence-electron chi connectivity index (χ2n) is 4.39. The van der Waals surface area contributed by atoms with Crippen molar-refractivity contribution >= 4 is 33.2 Å². The van der Waals surface area contributed by atoms with Gasteiger partial charge in [-0.05, 0) is 31.6 Å². The summed E-state index contributed by atoms with van der Waals surface area (Å²) in [5.41, 5.74) is 2.92. The predicted octanol–water partition coefficient (Wildman–Crippen LogP) is 2.75. The van der Waals surface area contributed by atoms with Crippen LogP contribution in [-0.2, 0) is 0 Å². The fraction of sp³-hybridized carbons (Fsp3) is 0.636. The van der Waals surface area contributed by atoms with Crippen molar-refractivity contribution in [3.05, 3.63) is 16.1 Å². The standard InChI is InChI=1S/C11H15BrN2OS/c1-8-9(16-7-14-8)10(15)13-6-11(2-3-11)4-5-12/h7H,2-6H2,1H3,(H,13,15). The van der Waals surface area contributed by atoms with Gasteiger partial charge in [0.1, 0.15) is 4.88 Å². The Bertz CT molecular complexity index is 387. The molecule has 1 amide bonds. The van der Waals surface area contributed by atoms with Crippen LogP contribution in [0.5, 0.6) is 0 Å². The SMILES string of the molecule is Cc1ncsc1C(=O)NCC1(CCBr)CC1. The number of carbonyl (C=O) groups excluding carboxylic acids is 1. The average Bonchev–Trinajstić information content (AvgIpc) is 2.89. The third-order valence-corrected chi connectivity index (χ3v) is 4.48. The summed E-state index contributed by atoms with van der Waals surface area (Å²) >= 11 is 4.87. The van der Waals surface area contributed by atoms with E-state index in [4.69, 9.17) is 0 Å². The van der Waals surface area contributed by atoms with E-state index in [0.717, 1.165) is 28.9 Å². The number of hydrogen-bond acceptors (Lipinski definition) is 3. The molecule has 0 saturated heterocycles. The summed E-state index contributed by atoms with van der Waals surface area (Å²) in [6, 6.07) is 0. The molecular formula is C11H15BrN2OS. The van der Waals surface area contributed by atoms with E-state index in [0.29, 0.717) is 5.41 Å². The van der Waals surface area contributed by atoms with Crippen LogP contribution in [0.25, 0.3) is 0 Å². The van der Waals surface area contributed by atoms with Crippen molar-refractivity contribution in [2.45, 2.75) is 26.2 Å². The van der Waals surface area contributed by atoms with Gasteiger partial charge in [0.2, 0.25) is 0 Å².